The number of benzene rings is 2. The highest BCUT2D eigenvalue weighted by Crippen LogP contribution is 2.16. The Bertz CT molecular complexity index is 1040. The monoisotopic (exact) mass is 496 g/mol. The maximum atomic E-state index is 13.4. The molecule has 0 aliphatic heterocycles. The summed E-state index contributed by atoms with van der Waals surface area (Å²) in [5.41, 5.74) is 20.1. The number of aliphatic hydroxyl groups is 1. The van der Waals surface area contributed by atoms with E-state index in [-0.39, 0.29) is 37.3 Å². The van der Waals surface area contributed by atoms with Gasteiger partial charge in [-0.25, -0.2) is 0 Å². The number of Topliss-reactive ketones (excluding diaryl/α,β-unsaturated/α-hetero) is 2. The number of carbonyl (C=O) groups is 4. The van der Waals surface area contributed by atoms with Crippen molar-refractivity contribution in [1.29, 1.82) is 0 Å². The molecule has 0 aliphatic rings. The fourth-order valence-electron chi connectivity index (χ4n) is 3.92. The lowest BCUT2D eigenvalue weighted by Gasteiger charge is -2.32. The van der Waals surface area contributed by atoms with Crippen molar-refractivity contribution in [3.05, 3.63) is 65.2 Å². The summed E-state index contributed by atoms with van der Waals surface area (Å²) >= 11 is 0. The minimum Gasteiger partial charge on any atom is -0.399 e. The molecule has 2 atom stereocenters. The van der Waals surface area contributed by atoms with Crippen LogP contribution in [0.5, 0.6) is 0 Å². The maximum Gasteiger partial charge on any atom is 0.240 e. The van der Waals surface area contributed by atoms with E-state index < -0.39 is 29.6 Å². The van der Waals surface area contributed by atoms with Gasteiger partial charge < -0.3 is 27.2 Å². The molecule has 0 unspecified atom stereocenters. The van der Waals surface area contributed by atoms with Gasteiger partial charge in [0.15, 0.2) is 0 Å². The molecule has 9 nitrogen and oxygen atoms in total. The van der Waals surface area contributed by atoms with Gasteiger partial charge in [-0.3, -0.25) is 19.2 Å². The van der Waals surface area contributed by atoms with E-state index in [4.69, 9.17) is 22.3 Å². The van der Waals surface area contributed by atoms with E-state index in [0.29, 0.717) is 24.2 Å². The van der Waals surface area contributed by atoms with Crippen molar-refractivity contribution in [2.75, 3.05) is 18.9 Å². The summed E-state index contributed by atoms with van der Waals surface area (Å²) in [4.78, 5) is 51.1. The number of ketones is 2. The Morgan fingerprint density at radius 1 is 0.917 bits per heavy atom. The van der Waals surface area contributed by atoms with E-state index in [2.05, 4.69) is 0 Å². The molecule has 9 heteroatoms. The van der Waals surface area contributed by atoms with Crippen LogP contribution in [-0.2, 0) is 27.2 Å². The number of anilines is 1. The molecule has 36 heavy (non-hydrogen) atoms. The van der Waals surface area contributed by atoms with Gasteiger partial charge >= 0.3 is 0 Å². The van der Waals surface area contributed by atoms with Crippen molar-refractivity contribution < 1.29 is 24.3 Å². The van der Waals surface area contributed by atoms with E-state index in [1.54, 1.807) is 36.4 Å². The molecule has 194 valence electrons. The second-order valence-corrected chi connectivity index (χ2v) is 8.84. The van der Waals surface area contributed by atoms with Crippen molar-refractivity contribution >= 4 is 29.1 Å². The molecule has 0 fully saturated rings. The number of amides is 2. The third-order valence-electron chi connectivity index (χ3n) is 5.98. The zero-order chi connectivity index (χ0) is 26.7. The summed E-state index contributed by atoms with van der Waals surface area (Å²) < 4.78 is 0. The van der Waals surface area contributed by atoms with E-state index in [1.807, 2.05) is 6.92 Å². The molecule has 2 rings (SSSR count). The number of nitrogens with zero attached hydrogens (tertiary/aromatic N) is 1. The Kier molecular flexibility index (Phi) is 11.2. The second kappa shape index (κ2) is 14.1. The summed E-state index contributed by atoms with van der Waals surface area (Å²) in [6.07, 6.45) is 2.73. The molecule has 7 N–H and O–H groups in total. The lowest BCUT2D eigenvalue weighted by Crippen LogP contribution is -2.54. The van der Waals surface area contributed by atoms with Crippen molar-refractivity contribution in [1.82, 2.24) is 4.90 Å². The molecule has 2 aromatic carbocycles. The van der Waals surface area contributed by atoms with Crippen LogP contribution in [0.2, 0.25) is 0 Å². The van der Waals surface area contributed by atoms with Crippen molar-refractivity contribution in [2.24, 2.45) is 11.5 Å². The Morgan fingerprint density at radius 3 is 2.06 bits per heavy atom. The van der Waals surface area contributed by atoms with Crippen LogP contribution in [0.3, 0.4) is 0 Å². The summed E-state index contributed by atoms with van der Waals surface area (Å²) in [5.74, 6) is -2.34. The zero-order valence-corrected chi connectivity index (χ0v) is 20.7. The number of nitrogens with two attached hydrogens (primary N) is 3. The topological polar surface area (TPSA) is 170 Å². The van der Waals surface area contributed by atoms with Crippen LogP contribution >= 0.6 is 0 Å². The third kappa shape index (κ3) is 8.28. The largest absolute Gasteiger partial charge is 0.399 e. The lowest BCUT2D eigenvalue weighted by molar-refractivity contribution is -0.140. The van der Waals surface area contributed by atoms with E-state index in [9.17, 15) is 19.2 Å². The smallest absolute Gasteiger partial charge is 0.240 e. The summed E-state index contributed by atoms with van der Waals surface area (Å²) in [6.45, 7) is 2.01. The van der Waals surface area contributed by atoms with Crippen LogP contribution in [0.1, 0.15) is 54.1 Å². The maximum absolute atomic E-state index is 13.4. The first kappa shape index (κ1) is 28.7. The van der Waals surface area contributed by atoms with Crippen LogP contribution in [-0.4, -0.2) is 58.6 Å². The molecular weight excluding hydrogens is 460 g/mol. The Balaban J connectivity index is 2.18. The predicted octanol–water partition coefficient (Wildman–Crippen LogP) is 1.39. The number of aliphatic hydroxyl groups excluding tert-OH is 1. The fourth-order valence-corrected chi connectivity index (χ4v) is 3.92. The highest BCUT2D eigenvalue weighted by Gasteiger charge is 2.31. The predicted molar refractivity (Wildman–Crippen MR) is 138 cm³/mol. The molecule has 0 spiro atoms. The van der Waals surface area contributed by atoms with Gasteiger partial charge in [0.25, 0.3) is 0 Å². The van der Waals surface area contributed by atoms with Gasteiger partial charge in [-0.05, 0) is 36.1 Å². The van der Waals surface area contributed by atoms with Gasteiger partial charge in [0.05, 0.1) is 12.6 Å². The summed E-state index contributed by atoms with van der Waals surface area (Å²) in [5, 5.41) is 8.85. The molecule has 0 heterocycles. The van der Waals surface area contributed by atoms with E-state index in [0.717, 1.165) is 18.4 Å². The normalized spacial score (nSPS) is 12.5. The molecule has 2 aromatic rings. The molecule has 0 aromatic heterocycles. The first-order valence-corrected chi connectivity index (χ1v) is 12.1. The molecule has 0 saturated carbocycles. The summed E-state index contributed by atoms with van der Waals surface area (Å²) in [6, 6.07) is 11.5. The number of primary amides is 1. The number of hydrogen-bond acceptors (Lipinski definition) is 7. The molecule has 2 amide bonds. The van der Waals surface area contributed by atoms with Crippen molar-refractivity contribution in [2.45, 2.75) is 57.5 Å². The van der Waals surface area contributed by atoms with Gasteiger partial charge in [-0.15, -0.1) is 0 Å². The number of unbranched alkanes of at least 4 members (excludes halogenated alkanes) is 2. The van der Waals surface area contributed by atoms with Crippen molar-refractivity contribution in [3.8, 4) is 0 Å². The highest BCUT2D eigenvalue weighted by molar-refractivity contribution is 6.43. The van der Waals surface area contributed by atoms with Crippen LogP contribution in [0, 0.1) is 0 Å². The Labute approximate surface area is 211 Å². The second-order valence-electron chi connectivity index (χ2n) is 8.84. The molecular formula is C27H36N4O5. The Hall–Kier alpha value is -3.56. The fraction of sp³-hybridized carbons (Fsp3) is 0.407. The van der Waals surface area contributed by atoms with Crippen LogP contribution in [0.15, 0.2) is 48.5 Å². The first-order chi connectivity index (χ1) is 17.2. The van der Waals surface area contributed by atoms with Gasteiger partial charge in [0, 0.05) is 30.6 Å². The standard InChI is InChI=1S/C27H36N4O5/c1-2-3-4-14-31(23(26(30)35)17-19-7-11-21(28)12-8-19)27(36)22(29)16-18-5-9-20(10-6-18)25(34)24(33)13-15-32/h5-12,22-23,32H,2-4,13-17,28-29H2,1H3,(H2,30,35)/t22-,23-/m0/s1. The van der Waals surface area contributed by atoms with Gasteiger partial charge in [0.1, 0.15) is 6.04 Å². The van der Waals surface area contributed by atoms with E-state index in [1.165, 1.54) is 17.0 Å². The quantitative estimate of drug-likeness (QED) is 0.125. The zero-order valence-electron chi connectivity index (χ0n) is 20.7. The molecule has 0 aliphatic carbocycles. The molecule has 0 radical (unpaired) electrons. The number of hydrogen-bond donors (Lipinski definition) is 4. The third-order valence-corrected chi connectivity index (χ3v) is 5.98. The lowest BCUT2D eigenvalue weighted by atomic mass is 9.98. The first-order valence-electron chi connectivity index (χ1n) is 12.1. The average molecular weight is 497 g/mol. The van der Waals surface area contributed by atoms with Crippen molar-refractivity contribution in [3.63, 3.8) is 0 Å². The number of carbonyl (C=O) groups excluding carboxylic acids is 4. The van der Waals surface area contributed by atoms with Gasteiger partial charge in [-0.2, -0.15) is 0 Å². The Morgan fingerprint density at radius 2 is 1.50 bits per heavy atom. The minimum absolute atomic E-state index is 0.176. The number of rotatable bonds is 15. The van der Waals surface area contributed by atoms with Crippen LogP contribution < -0.4 is 17.2 Å². The van der Waals surface area contributed by atoms with E-state index >= 15 is 0 Å². The molecule has 0 saturated heterocycles. The number of nitrogen functional groups attached to an aromatic ring is 1. The minimum atomic E-state index is -0.933. The van der Waals surface area contributed by atoms with Crippen LogP contribution in [0.25, 0.3) is 0 Å². The summed E-state index contributed by atoms with van der Waals surface area (Å²) in [7, 11) is 0. The molecule has 0 bridgehead atoms. The van der Waals surface area contributed by atoms with Gasteiger partial charge in [-0.1, -0.05) is 56.2 Å². The van der Waals surface area contributed by atoms with Crippen LogP contribution in [0.4, 0.5) is 5.69 Å². The van der Waals surface area contributed by atoms with Gasteiger partial charge in [0.2, 0.25) is 23.4 Å². The highest BCUT2D eigenvalue weighted by atomic mass is 16.3. The SMILES string of the molecule is CCCCCN(C(=O)[C@@H](N)Cc1ccc(C(=O)C(=O)CCO)cc1)[C@@H](Cc1ccc(N)cc1)C(N)=O. The average Bonchev–Trinajstić information content (AvgIpc) is 2.86.